The number of benzene rings is 1. The van der Waals surface area contributed by atoms with Crippen molar-refractivity contribution in [3.63, 3.8) is 0 Å². The standard InChI is InChI=1S/C16H21F2N3O4/c1-16(2,22)9-21(3)8-13-19-14(20-25-13)10-5-6-11(24-15(17)18)12(7-10)23-4/h5-7,15,22H,8-9H2,1-4H3. The molecule has 138 valence electrons. The maximum atomic E-state index is 12.4. The molecule has 7 nitrogen and oxygen atoms in total. The zero-order valence-electron chi connectivity index (χ0n) is 14.5. The first-order valence-corrected chi connectivity index (χ1v) is 7.54. The quantitative estimate of drug-likeness (QED) is 0.777. The van der Waals surface area contributed by atoms with E-state index in [9.17, 15) is 13.9 Å². The maximum Gasteiger partial charge on any atom is 0.387 e. The summed E-state index contributed by atoms with van der Waals surface area (Å²) in [6.07, 6.45) is 0. The lowest BCUT2D eigenvalue weighted by Gasteiger charge is -2.23. The molecule has 0 radical (unpaired) electrons. The molecule has 0 fully saturated rings. The van der Waals surface area contributed by atoms with Gasteiger partial charge in [-0.3, -0.25) is 4.90 Å². The van der Waals surface area contributed by atoms with E-state index in [1.165, 1.54) is 25.3 Å². The van der Waals surface area contributed by atoms with Gasteiger partial charge >= 0.3 is 6.61 Å². The SMILES string of the molecule is COc1cc(-c2noc(CN(C)CC(C)(C)O)n2)ccc1OC(F)F. The first-order valence-electron chi connectivity index (χ1n) is 7.54. The van der Waals surface area contributed by atoms with Gasteiger partial charge in [0.15, 0.2) is 11.5 Å². The van der Waals surface area contributed by atoms with Crippen molar-refractivity contribution >= 4 is 0 Å². The molecule has 0 aliphatic carbocycles. The minimum atomic E-state index is -2.94. The Hall–Kier alpha value is -2.26. The maximum absolute atomic E-state index is 12.4. The number of ether oxygens (including phenoxy) is 2. The molecule has 1 aromatic heterocycles. The third kappa shape index (κ3) is 5.64. The second-order valence-electron chi connectivity index (χ2n) is 6.24. The first kappa shape index (κ1) is 19.1. The molecule has 2 aromatic rings. The average molecular weight is 357 g/mol. The Morgan fingerprint density at radius 2 is 2.04 bits per heavy atom. The fraction of sp³-hybridized carbons (Fsp3) is 0.500. The van der Waals surface area contributed by atoms with Crippen molar-refractivity contribution in [3.05, 3.63) is 24.1 Å². The summed E-state index contributed by atoms with van der Waals surface area (Å²) in [4.78, 5) is 6.12. The van der Waals surface area contributed by atoms with Crippen molar-refractivity contribution in [2.45, 2.75) is 32.6 Å². The number of hydrogen-bond acceptors (Lipinski definition) is 7. The summed E-state index contributed by atoms with van der Waals surface area (Å²) in [6.45, 7) is 1.26. The molecule has 0 spiro atoms. The molecule has 2 rings (SSSR count). The molecule has 0 bridgehead atoms. The Balaban J connectivity index is 2.13. The number of methoxy groups -OCH3 is 1. The van der Waals surface area contributed by atoms with E-state index in [2.05, 4.69) is 14.9 Å². The van der Waals surface area contributed by atoms with Crippen LogP contribution in [0.15, 0.2) is 22.7 Å². The number of halogens is 2. The van der Waals surface area contributed by atoms with Crippen molar-refractivity contribution in [2.24, 2.45) is 0 Å². The van der Waals surface area contributed by atoms with E-state index in [0.29, 0.717) is 30.4 Å². The van der Waals surface area contributed by atoms with Gasteiger partial charge in [0.05, 0.1) is 19.3 Å². The zero-order chi connectivity index (χ0) is 18.6. The number of nitrogens with zero attached hydrogens (tertiary/aromatic N) is 3. The van der Waals surface area contributed by atoms with Gasteiger partial charge in [-0.1, -0.05) is 5.16 Å². The highest BCUT2D eigenvalue weighted by atomic mass is 19.3. The largest absolute Gasteiger partial charge is 0.493 e. The monoisotopic (exact) mass is 357 g/mol. The molecule has 1 N–H and O–H groups in total. The summed E-state index contributed by atoms with van der Waals surface area (Å²) in [5.74, 6) is 0.736. The molecule has 0 atom stereocenters. The minimum Gasteiger partial charge on any atom is -0.493 e. The number of alkyl halides is 2. The predicted octanol–water partition coefficient (Wildman–Crippen LogP) is 2.55. The van der Waals surface area contributed by atoms with Crippen molar-refractivity contribution in [3.8, 4) is 22.9 Å². The number of aliphatic hydroxyl groups is 1. The molecule has 1 aromatic carbocycles. The van der Waals surface area contributed by atoms with Crippen molar-refractivity contribution < 1.29 is 27.9 Å². The van der Waals surface area contributed by atoms with Crippen LogP contribution in [0, 0.1) is 0 Å². The van der Waals surface area contributed by atoms with Crippen molar-refractivity contribution in [1.82, 2.24) is 15.0 Å². The van der Waals surface area contributed by atoms with Gasteiger partial charge in [-0.25, -0.2) is 0 Å². The molecule has 0 aliphatic rings. The van der Waals surface area contributed by atoms with Crippen LogP contribution in [0.5, 0.6) is 11.5 Å². The second kappa shape index (κ2) is 7.75. The van der Waals surface area contributed by atoms with E-state index in [1.54, 1.807) is 13.8 Å². The van der Waals surface area contributed by atoms with E-state index in [1.807, 2.05) is 11.9 Å². The van der Waals surface area contributed by atoms with Crippen LogP contribution in [-0.2, 0) is 6.54 Å². The average Bonchev–Trinajstić information content (AvgIpc) is 2.93. The van der Waals surface area contributed by atoms with Crippen LogP contribution in [0.1, 0.15) is 19.7 Å². The molecule has 1 heterocycles. The summed E-state index contributed by atoms with van der Waals surface area (Å²) in [6, 6.07) is 4.39. The third-order valence-corrected chi connectivity index (χ3v) is 3.17. The molecule has 0 aliphatic heterocycles. The number of likely N-dealkylation sites (N-methyl/N-ethyl adjacent to an activating group) is 1. The summed E-state index contributed by atoms with van der Waals surface area (Å²) < 4.78 is 39.4. The van der Waals surface area contributed by atoms with Crippen LogP contribution in [0.3, 0.4) is 0 Å². The lowest BCUT2D eigenvalue weighted by molar-refractivity contribution is -0.0512. The molecule has 0 saturated heterocycles. The van der Waals surface area contributed by atoms with E-state index in [4.69, 9.17) is 9.26 Å². The first-order chi connectivity index (χ1) is 11.7. The van der Waals surface area contributed by atoms with Gasteiger partial charge in [0.2, 0.25) is 11.7 Å². The van der Waals surface area contributed by atoms with Crippen molar-refractivity contribution in [2.75, 3.05) is 20.7 Å². The van der Waals surface area contributed by atoms with Crippen molar-refractivity contribution in [1.29, 1.82) is 0 Å². The van der Waals surface area contributed by atoms with Gasteiger partial charge in [0.1, 0.15) is 0 Å². The van der Waals surface area contributed by atoms with E-state index >= 15 is 0 Å². The van der Waals surface area contributed by atoms with Crippen LogP contribution < -0.4 is 9.47 Å². The summed E-state index contributed by atoms with van der Waals surface area (Å²) in [7, 11) is 3.17. The third-order valence-electron chi connectivity index (χ3n) is 3.17. The Labute approximate surface area is 144 Å². The molecular formula is C16H21F2N3O4. The number of rotatable bonds is 8. The van der Waals surface area contributed by atoms with Gasteiger partial charge in [-0.15, -0.1) is 0 Å². The van der Waals surface area contributed by atoms with Gasteiger partial charge in [-0.2, -0.15) is 13.8 Å². The second-order valence-corrected chi connectivity index (χ2v) is 6.24. The van der Waals surface area contributed by atoms with Crippen LogP contribution in [-0.4, -0.2) is 53.1 Å². The summed E-state index contributed by atoms with van der Waals surface area (Å²) in [5.41, 5.74) is -0.301. The van der Waals surface area contributed by atoms with Crippen LogP contribution in [0.25, 0.3) is 11.4 Å². The molecule has 9 heteroatoms. The number of hydrogen-bond donors (Lipinski definition) is 1. The van der Waals surface area contributed by atoms with Gasteiger partial charge < -0.3 is 19.1 Å². The zero-order valence-corrected chi connectivity index (χ0v) is 14.5. The van der Waals surface area contributed by atoms with E-state index in [-0.39, 0.29) is 11.5 Å². The fourth-order valence-corrected chi connectivity index (χ4v) is 2.38. The Bertz CT molecular complexity index is 701. The Morgan fingerprint density at radius 3 is 2.64 bits per heavy atom. The smallest absolute Gasteiger partial charge is 0.387 e. The molecule has 25 heavy (non-hydrogen) atoms. The van der Waals surface area contributed by atoms with Crippen LogP contribution in [0.4, 0.5) is 8.78 Å². The summed E-state index contributed by atoms with van der Waals surface area (Å²) in [5, 5.41) is 13.7. The molecule has 0 unspecified atom stereocenters. The molecular weight excluding hydrogens is 336 g/mol. The molecule has 0 saturated carbocycles. The lowest BCUT2D eigenvalue weighted by Crippen LogP contribution is -2.35. The van der Waals surface area contributed by atoms with Crippen LogP contribution in [0.2, 0.25) is 0 Å². The molecule has 0 amide bonds. The van der Waals surface area contributed by atoms with Gasteiger partial charge in [0.25, 0.3) is 0 Å². The highest BCUT2D eigenvalue weighted by Crippen LogP contribution is 2.32. The van der Waals surface area contributed by atoms with Gasteiger partial charge in [-0.05, 0) is 39.1 Å². The number of aromatic nitrogens is 2. The highest BCUT2D eigenvalue weighted by molar-refractivity contribution is 5.60. The van der Waals surface area contributed by atoms with E-state index < -0.39 is 12.2 Å². The van der Waals surface area contributed by atoms with Crippen LogP contribution >= 0.6 is 0 Å². The normalized spacial score (nSPS) is 12.0. The topological polar surface area (TPSA) is 80.9 Å². The van der Waals surface area contributed by atoms with E-state index in [0.717, 1.165) is 0 Å². The minimum absolute atomic E-state index is 0.0742. The Morgan fingerprint density at radius 1 is 1.32 bits per heavy atom. The predicted molar refractivity (Wildman–Crippen MR) is 85.5 cm³/mol. The lowest BCUT2D eigenvalue weighted by atomic mass is 10.1. The Kier molecular flexibility index (Phi) is 5.91. The summed E-state index contributed by atoms with van der Waals surface area (Å²) >= 11 is 0. The fourth-order valence-electron chi connectivity index (χ4n) is 2.38. The highest BCUT2D eigenvalue weighted by Gasteiger charge is 2.19. The van der Waals surface area contributed by atoms with Gasteiger partial charge in [0, 0.05) is 12.1 Å².